The summed E-state index contributed by atoms with van der Waals surface area (Å²) in [4.78, 5) is 15.4. The lowest BCUT2D eigenvalue weighted by atomic mass is 9.85. The van der Waals surface area contributed by atoms with Gasteiger partial charge in [-0.15, -0.1) is 0 Å². The van der Waals surface area contributed by atoms with Gasteiger partial charge >= 0.3 is 0 Å². The number of fused-ring (bicyclic) bond motifs is 2. The molecule has 3 atom stereocenters. The minimum Gasteiger partial charge on any atom is -0.333 e. The van der Waals surface area contributed by atoms with Crippen LogP contribution in [0.1, 0.15) is 58.9 Å². The van der Waals surface area contributed by atoms with E-state index in [0.717, 1.165) is 48.3 Å². The molecule has 2 saturated heterocycles. The van der Waals surface area contributed by atoms with Crippen LogP contribution in [-0.2, 0) is 0 Å². The molecule has 4 nitrogen and oxygen atoms in total. The van der Waals surface area contributed by atoms with Crippen molar-refractivity contribution in [2.75, 3.05) is 0 Å². The fraction of sp³-hybridized carbons (Fsp3) is 0.360. The number of benzene rings is 2. The van der Waals surface area contributed by atoms with E-state index in [0.29, 0.717) is 5.92 Å². The summed E-state index contributed by atoms with van der Waals surface area (Å²) in [5, 5.41) is 4.52. The summed E-state index contributed by atoms with van der Waals surface area (Å²) in [6.45, 7) is 4.01. The lowest BCUT2D eigenvalue weighted by Gasteiger charge is -2.39. The minimum atomic E-state index is -0.196. The molecular formula is C25H26FN3O. The first-order valence-corrected chi connectivity index (χ1v) is 10.7. The first-order valence-electron chi connectivity index (χ1n) is 10.7. The molecule has 30 heavy (non-hydrogen) atoms. The Hall–Kier alpha value is -2.95. The highest BCUT2D eigenvalue weighted by molar-refractivity contribution is 5.95. The highest BCUT2D eigenvalue weighted by Crippen LogP contribution is 2.43. The van der Waals surface area contributed by atoms with Gasteiger partial charge in [0.25, 0.3) is 5.91 Å². The Morgan fingerprint density at radius 3 is 2.17 bits per heavy atom. The van der Waals surface area contributed by atoms with E-state index in [1.807, 2.05) is 61.0 Å². The number of rotatable bonds is 3. The summed E-state index contributed by atoms with van der Waals surface area (Å²) >= 11 is 0. The molecule has 2 bridgehead atoms. The molecule has 3 aromatic rings. The van der Waals surface area contributed by atoms with E-state index in [1.165, 1.54) is 5.56 Å². The van der Waals surface area contributed by atoms with Crippen molar-refractivity contribution < 1.29 is 9.18 Å². The molecule has 2 fully saturated rings. The van der Waals surface area contributed by atoms with Gasteiger partial charge < -0.3 is 4.90 Å². The van der Waals surface area contributed by atoms with Crippen LogP contribution in [0.25, 0.3) is 5.69 Å². The fourth-order valence-electron chi connectivity index (χ4n) is 5.30. The number of hydrogen-bond acceptors (Lipinski definition) is 2. The first-order chi connectivity index (χ1) is 14.5. The number of amides is 1. The predicted molar refractivity (Wildman–Crippen MR) is 114 cm³/mol. The van der Waals surface area contributed by atoms with Gasteiger partial charge in [-0.3, -0.25) is 4.79 Å². The third kappa shape index (κ3) is 3.32. The van der Waals surface area contributed by atoms with Crippen LogP contribution in [0.4, 0.5) is 4.39 Å². The van der Waals surface area contributed by atoms with Crippen LogP contribution in [0.5, 0.6) is 0 Å². The lowest BCUT2D eigenvalue weighted by molar-refractivity contribution is 0.0571. The zero-order chi connectivity index (χ0) is 20.8. The molecule has 2 aliphatic rings. The number of carbonyl (C=O) groups excluding carboxylic acids is 1. The Labute approximate surface area is 176 Å². The third-order valence-corrected chi connectivity index (χ3v) is 6.68. The van der Waals surface area contributed by atoms with Crippen molar-refractivity contribution >= 4 is 5.91 Å². The smallest absolute Gasteiger partial charge is 0.254 e. The molecule has 2 aromatic carbocycles. The van der Waals surface area contributed by atoms with E-state index in [9.17, 15) is 9.18 Å². The van der Waals surface area contributed by atoms with Crippen LogP contribution in [0.2, 0.25) is 0 Å². The summed E-state index contributed by atoms with van der Waals surface area (Å²) in [5.74, 6) is 0.332. The van der Waals surface area contributed by atoms with E-state index < -0.39 is 0 Å². The SMILES string of the molecule is Cc1cc(C)n(-c2ccc(C(=O)N3[C@@H]4CC[C@H]3CC(c3ccc(F)cc3)C4)cc2)n1. The largest absolute Gasteiger partial charge is 0.333 e. The number of hydrogen-bond donors (Lipinski definition) is 0. The van der Waals surface area contributed by atoms with Crippen molar-refractivity contribution in [2.45, 2.75) is 57.5 Å². The molecular weight excluding hydrogens is 377 g/mol. The number of halogens is 1. The standard InChI is InChI=1S/C25H26FN3O/c1-16-13-17(2)29(27-16)22-9-5-19(6-10-22)25(30)28-23-11-12-24(28)15-20(14-23)18-3-7-21(26)8-4-18/h3-10,13,20,23-24H,11-12,14-15H2,1-2H3/t20?,23-,24+. The van der Waals surface area contributed by atoms with E-state index >= 15 is 0 Å². The van der Waals surface area contributed by atoms with Crippen LogP contribution in [0, 0.1) is 19.7 Å². The third-order valence-electron chi connectivity index (χ3n) is 6.68. The second kappa shape index (κ2) is 7.38. The van der Waals surface area contributed by atoms with E-state index in [2.05, 4.69) is 10.00 Å². The first kappa shape index (κ1) is 19.0. The molecule has 0 spiro atoms. The number of nitrogens with zero attached hydrogens (tertiary/aromatic N) is 3. The van der Waals surface area contributed by atoms with Crippen molar-refractivity contribution in [1.29, 1.82) is 0 Å². The van der Waals surface area contributed by atoms with Gasteiger partial charge in [-0.25, -0.2) is 9.07 Å². The maximum absolute atomic E-state index is 13.3. The highest BCUT2D eigenvalue weighted by Gasteiger charge is 2.43. The summed E-state index contributed by atoms with van der Waals surface area (Å²) in [7, 11) is 0. The molecule has 0 saturated carbocycles. The predicted octanol–water partition coefficient (Wildman–Crippen LogP) is 5.18. The van der Waals surface area contributed by atoms with E-state index in [1.54, 1.807) is 12.1 Å². The summed E-state index contributed by atoms with van der Waals surface area (Å²) in [6, 6.07) is 17.2. The zero-order valence-electron chi connectivity index (χ0n) is 17.4. The van der Waals surface area contributed by atoms with Gasteiger partial charge in [0.1, 0.15) is 5.82 Å². The number of piperidine rings is 1. The van der Waals surface area contributed by atoms with Gasteiger partial charge in [-0.2, -0.15) is 5.10 Å². The van der Waals surface area contributed by atoms with Crippen LogP contribution >= 0.6 is 0 Å². The molecule has 5 heteroatoms. The molecule has 2 aliphatic heterocycles. The van der Waals surface area contributed by atoms with E-state index in [-0.39, 0.29) is 23.8 Å². The monoisotopic (exact) mass is 403 g/mol. The van der Waals surface area contributed by atoms with E-state index in [4.69, 9.17) is 0 Å². The van der Waals surface area contributed by atoms with Crippen LogP contribution in [0.15, 0.2) is 54.6 Å². The van der Waals surface area contributed by atoms with Gasteiger partial charge in [0.15, 0.2) is 0 Å². The molecule has 1 amide bonds. The van der Waals surface area contributed by atoms with Crippen molar-refractivity contribution in [3.63, 3.8) is 0 Å². The number of aryl methyl sites for hydroxylation is 2. The molecule has 0 N–H and O–H groups in total. The normalized spacial score (nSPS) is 23.0. The van der Waals surface area contributed by atoms with Crippen LogP contribution < -0.4 is 0 Å². The highest BCUT2D eigenvalue weighted by atomic mass is 19.1. The number of aromatic nitrogens is 2. The topological polar surface area (TPSA) is 38.1 Å². The molecule has 5 rings (SSSR count). The maximum Gasteiger partial charge on any atom is 0.254 e. The van der Waals surface area contributed by atoms with Gasteiger partial charge in [-0.05, 0) is 93.5 Å². The number of carbonyl (C=O) groups is 1. The molecule has 0 radical (unpaired) electrons. The minimum absolute atomic E-state index is 0.125. The van der Waals surface area contributed by atoms with Crippen molar-refractivity contribution in [3.8, 4) is 5.69 Å². The fourth-order valence-corrected chi connectivity index (χ4v) is 5.30. The molecule has 3 heterocycles. The average molecular weight is 404 g/mol. The summed E-state index contributed by atoms with van der Waals surface area (Å²) in [6.07, 6.45) is 4.02. The Kier molecular flexibility index (Phi) is 4.69. The van der Waals surface area contributed by atoms with Crippen LogP contribution in [-0.4, -0.2) is 32.7 Å². The van der Waals surface area contributed by atoms with Crippen LogP contribution in [0.3, 0.4) is 0 Å². The van der Waals surface area contributed by atoms with Crippen molar-refractivity contribution in [1.82, 2.24) is 14.7 Å². The summed E-state index contributed by atoms with van der Waals surface area (Å²) < 4.78 is 15.2. The van der Waals surface area contributed by atoms with Crippen molar-refractivity contribution in [3.05, 3.63) is 82.9 Å². The molecule has 154 valence electrons. The molecule has 1 unspecified atom stereocenters. The zero-order valence-corrected chi connectivity index (χ0v) is 17.4. The Morgan fingerprint density at radius 1 is 0.967 bits per heavy atom. The summed E-state index contributed by atoms with van der Waals surface area (Å²) in [5.41, 5.74) is 4.95. The Bertz CT molecular complexity index is 1060. The van der Waals surface area contributed by atoms with Crippen molar-refractivity contribution in [2.24, 2.45) is 0 Å². The lowest BCUT2D eigenvalue weighted by Crippen LogP contribution is -2.46. The molecule has 0 aliphatic carbocycles. The van der Waals surface area contributed by atoms with Gasteiger partial charge in [-0.1, -0.05) is 12.1 Å². The second-order valence-electron chi connectivity index (χ2n) is 8.70. The van der Waals surface area contributed by atoms with Gasteiger partial charge in [0, 0.05) is 23.3 Å². The van der Waals surface area contributed by atoms with Gasteiger partial charge in [0.05, 0.1) is 11.4 Å². The quantitative estimate of drug-likeness (QED) is 0.604. The molecule has 1 aromatic heterocycles. The Morgan fingerprint density at radius 2 is 1.60 bits per heavy atom. The maximum atomic E-state index is 13.3. The Balaban J connectivity index is 1.33. The van der Waals surface area contributed by atoms with Gasteiger partial charge in [0.2, 0.25) is 0 Å². The second-order valence-corrected chi connectivity index (χ2v) is 8.70. The average Bonchev–Trinajstić information content (AvgIpc) is 3.22.